The highest BCUT2D eigenvalue weighted by molar-refractivity contribution is 14.1. The van der Waals surface area contributed by atoms with E-state index in [0.29, 0.717) is 15.8 Å². The average molecular weight is 384 g/mol. The number of para-hydroxylation sites is 1. The van der Waals surface area contributed by atoms with Crippen molar-refractivity contribution in [1.29, 1.82) is 0 Å². The van der Waals surface area contributed by atoms with E-state index in [0.717, 1.165) is 17.0 Å². The molecule has 2 aromatic rings. The lowest BCUT2D eigenvalue weighted by molar-refractivity contribution is 0.410. The molecule has 0 unspecified atom stereocenters. The standard InChI is InChI=1S/C15H17IN2O2/c1-9(2)14-13(16)15(19)18-12(17-14)8-10-6-4-5-7-11(10)20-3/h4-7,9H,8H2,1-3H3,(H,17,18,19). The number of hydrogen-bond acceptors (Lipinski definition) is 3. The van der Waals surface area contributed by atoms with Gasteiger partial charge in [0.05, 0.1) is 16.4 Å². The number of nitrogens with one attached hydrogen (secondary N) is 1. The normalized spacial score (nSPS) is 10.8. The van der Waals surface area contributed by atoms with E-state index in [2.05, 4.69) is 32.6 Å². The van der Waals surface area contributed by atoms with Crippen molar-refractivity contribution in [3.63, 3.8) is 0 Å². The molecule has 0 amide bonds. The van der Waals surface area contributed by atoms with Crippen LogP contribution in [0.3, 0.4) is 0 Å². The Balaban J connectivity index is 2.42. The van der Waals surface area contributed by atoms with Gasteiger partial charge in [0.1, 0.15) is 11.6 Å². The second-order valence-corrected chi connectivity index (χ2v) is 5.93. The summed E-state index contributed by atoms with van der Waals surface area (Å²) in [5.74, 6) is 1.70. The Morgan fingerprint density at radius 3 is 2.70 bits per heavy atom. The number of H-pyrrole nitrogens is 1. The second-order valence-electron chi connectivity index (χ2n) is 4.86. The van der Waals surface area contributed by atoms with E-state index in [-0.39, 0.29) is 11.5 Å². The van der Waals surface area contributed by atoms with Gasteiger partial charge in [-0.1, -0.05) is 32.0 Å². The van der Waals surface area contributed by atoms with Gasteiger partial charge < -0.3 is 9.72 Å². The number of aromatic amines is 1. The van der Waals surface area contributed by atoms with Gasteiger partial charge in [0, 0.05) is 12.0 Å². The third kappa shape index (κ3) is 3.20. The highest BCUT2D eigenvalue weighted by atomic mass is 127. The highest BCUT2D eigenvalue weighted by Crippen LogP contribution is 2.21. The molecule has 0 saturated carbocycles. The highest BCUT2D eigenvalue weighted by Gasteiger charge is 2.13. The molecule has 0 aliphatic heterocycles. The van der Waals surface area contributed by atoms with Gasteiger partial charge in [-0.25, -0.2) is 4.98 Å². The monoisotopic (exact) mass is 384 g/mol. The van der Waals surface area contributed by atoms with Crippen LogP contribution in [0.25, 0.3) is 0 Å². The Kier molecular flexibility index (Phi) is 4.80. The number of methoxy groups -OCH3 is 1. The smallest absolute Gasteiger partial charge is 0.264 e. The van der Waals surface area contributed by atoms with Gasteiger partial charge in [0.15, 0.2) is 0 Å². The fourth-order valence-corrected chi connectivity index (χ4v) is 2.90. The SMILES string of the molecule is COc1ccccc1Cc1nc(C(C)C)c(I)c(=O)[nH]1. The summed E-state index contributed by atoms with van der Waals surface area (Å²) in [7, 11) is 1.64. The molecule has 0 saturated heterocycles. The Bertz CT molecular complexity index is 665. The molecule has 0 aliphatic carbocycles. The fraction of sp³-hybridized carbons (Fsp3) is 0.333. The molecular weight excluding hydrogens is 367 g/mol. The van der Waals surface area contributed by atoms with Crippen molar-refractivity contribution in [3.05, 3.63) is 55.3 Å². The molecule has 0 radical (unpaired) electrons. The number of aromatic nitrogens is 2. The zero-order chi connectivity index (χ0) is 14.7. The summed E-state index contributed by atoms with van der Waals surface area (Å²) in [6.45, 7) is 4.08. The molecule has 1 heterocycles. The summed E-state index contributed by atoms with van der Waals surface area (Å²) in [4.78, 5) is 19.4. The fourth-order valence-electron chi connectivity index (χ4n) is 2.02. The van der Waals surface area contributed by atoms with Crippen molar-refractivity contribution in [1.82, 2.24) is 9.97 Å². The van der Waals surface area contributed by atoms with E-state index in [1.54, 1.807) is 7.11 Å². The van der Waals surface area contributed by atoms with Crippen LogP contribution in [0.5, 0.6) is 5.75 Å². The molecule has 5 heteroatoms. The van der Waals surface area contributed by atoms with Gasteiger partial charge in [-0.3, -0.25) is 4.79 Å². The third-order valence-electron chi connectivity index (χ3n) is 3.03. The van der Waals surface area contributed by atoms with Crippen LogP contribution in [-0.4, -0.2) is 17.1 Å². The molecule has 0 fully saturated rings. The van der Waals surface area contributed by atoms with Gasteiger partial charge in [-0.2, -0.15) is 0 Å². The van der Waals surface area contributed by atoms with E-state index in [1.807, 2.05) is 38.1 Å². The van der Waals surface area contributed by atoms with Crippen molar-refractivity contribution in [2.24, 2.45) is 0 Å². The second kappa shape index (κ2) is 6.39. The van der Waals surface area contributed by atoms with Gasteiger partial charge in [0.25, 0.3) is 5.56 Å². The van der Waals surface area contributed by atoms with Gasteiger partial charge in [0.2, 0.25) is 0 Å². The maximum absolute atomic E-state index is 12.0. The van der Waals surface area contributed by atoms with Crippen molar-refractivity contribution in [2.75, 3.05) is 7.11 Å². The van der Waals surface area contributed by atoms with Crippen LogP contribution in [0, 0.1) is 3.57 Å². The minimum Gasteiger partial charge on any atom is -0.496 e. The van der Waals surface area contributed by atoms with Crippen LogP contribution in [0.4, 0.5) is 0 Å². The van der Waals surface area contributed by atoms with Crippen LogP contribution < -0.4 is 10.3 Å². The summed E-state index contributed by atoms with van der Waals surface area (Å²) < 4.78 is 6.00. The number of nitrogens with zero attached hydrogens (tertiary/aromatic N) is 1. The number of hydrogen-bond donors (Lipinski definition) is 1. The number of benzene rings is 1. The topological polar surface area (TPSA) is 55.0 Å². The Labute approximate surface area is 131 Å². The zero-order valence-electron chi connectivity index (χ0n) is 11.7. The van der Waals surface area contributed by atoms with E-state index in [1.165, 1.54) is 0 Å². The van der Waals surface area contributed by atoms with Crippen molar-refractivity contribution in [3.8, 4) is 5.75 Å². The van der Waals surface area contributed by atoms with E-state index in [9.17, 15) is 4.79 Å². The van der Waals surface area contributed by atoms with Crippen LogP contribution in [0.1, 0.15) is 36.8 Å². The van der Waals surface area contributed by atoms with Crippen molar-refractivity contribution >= 4 is 22.6 Å². The summed E-state index contributed by atoms with van der Waals surface area (Å²) in [5.41, 5.74) is 1.78. The summed E-state index contributed by atoms with van der Waals surface area (Å²) in [6.07, 6.45) is 0.551. The predicted molar refractivity (Wildman–Crippen MR) is 87.5 cm³/mol. The average Bonchev–Trinajstić information content (AvgIpc) is 2.43. The predicted octanol–water partition coefficient (Wildman–Crippen LogP) is 3.10. The lowest BCUT2D eigenvalue weighted by Gasteiger charge is -2.11. The maximum atomic E-state index is 12.0. The van der Waals surface area contributed by atoms with Gasteiger partial charge >= 0.3 is 0 Å². The first-order chi connectivity index (χ1) is 9.52. The number of rotatable bonds is 4. The van der Waals surface area contributed by atoms with Crippen LogP contribution in [0.15, 0.2) is 29.1 Å². The van der Waals surface area contributed by atoms with E-state index in [4.69, 9.17) is 4.74 Å². The molecule has 0 spiro atoms. The molecule has 0 bridgehead atoms. The molecular formula is C15H17IN2O2. The molecule has 1 aromatic carbocycles. The quantitative estimate of drug-likeness (QED) is 0.825. The summed E-state index contributed by atoms with van der Waals surface area (Å²) in [5, 5.41) is 0. The third-order valence-corrected chi connectivity index (χ3v) is 4.08. The number of ether oxygens (including phenoxy) is 1. The molecule has 4 nitrogen and oxygen atoms in total. The van der Waals surface area contributed by atoms with E-state index < -0.39 is 0 Å². The maximum Gasteiger partial charge on any atom is 0.264 e. The van der Waals surface area contributed by atoms with Crippen molar-refractivity contribution < 1.29 is 4.74 Å². The van der Waals surface area contributed by atoms with Crippen LogP contribution >= 0.6 is 22.6 Å². The molecule has 0 atom stereocenters. The van der Waals surface area contributed by atoms with Gasteiger partial charge in [-0.15, -0.1) is 0 Å². The van der Waals surface area contributed by atoms with Gasteiger partial charge in [-0.05, 0) is 34.6 Å². The van der Waals surface area contributed by atoms with Crippen LogP contribution in [-0.2, 0) is 6.42 Å². The van der Waals surface area contributed by atoms with Crippen molar-refractivity contribution in [2.45, 2.75) is 26.2 Å². The summed E-state index contributed by atoms with van der Waals surface area (Å²) >= 11 is 2.05. The molecule has 2 rings (SSSR count). The minimum absolute atomic E-state index is 0.0748. The minimum atomic E-state index is -0.0748. The molecule has 0 aliphatic rings. The molecule has 1 N–H and O–H groups in total. The largest absolute Gasteiger partial charge is 0.496 e. The summed E-state index contributed by atoms with van der Waals surface area (Å²) in [6, 6.07) is 7.76. The van der Waals surface area contributed by atoms with E-state index >= 15 is 0 Å². The molecule has 1 aromatic heterocycles. The lowest BCUT2D eigenvalue weighted by Crippen LogP contribution is -2.19. The lowest BCUT2D eigenvalue weighted by atomic mass is 10.1. The zero-order valence-corrected chi connectivity index (χ0v) is 13.9. The molecule has 106 valence electrons. The Morgan fingerprint density at radius 2 is 2.05 bits per heavy atom. The molecule has 20 heavy (non-hydrogen) atoms. The first-order valence-corrected chi connectivity index (χ1v) is 7.51. The Hall–Kier alpha value is -1.37. The first-order valence-electron chi connectivity index (χ1n) is 6.43. The Morgan fingerprint density at radius 1 is 1.35 bits per heavy atom. The first kappa shape index (κ1) is 15.0. The number of halogens is 1. The van der Waals surface area contributed by atoms with Crippen LogP contribution in [0.2, 0.25) is 0 Å².